The van der Waals surface area contributed by atoms with Crippen molar-refractivity contribution in [3.8, 4) is 0 Å². The van der Waals surface area contributed by atoms with E-state index in [9.17, 15) is 4.39 Å². The van der Waals surface area contributed by atoms with Gasteiger partial charge in [0, 0.05) is 23.8 Å². The van der Waals surface area contributed by atoms with E-state index < -0.39 is 0 Å². The van der Waals surface area contributed by atoms with Crippen LogP contribution in [0.3, 0.4) is 0 Å². The van der Waals surface area contributed by atoms with Gasteiger partial charge in [-0.1, -0.05) is 34.1 Å². The molecule has 0 aliphatic rings. The summed E-state index contributed by atoms with van der Waals surface area (Å²) in [7, 11) is 1.90. The Morgan fingerprint density at radius 3 is 2.63 bits per heavy atom. The van der Waals surface area contributed by atoms with Gasteiger partial charge < -0.3 is 10.0 Å². The van der Waals surface area contributed by atoms with Crippen molar-refractivity contribution in [3.05, 3.63) is 63.9 Å². The number of benzene rings is 2. The zero-order valence-electron chi connectivity index (χ0n) is 10.6. The summed E-state index contributed by atoms with van der Waals surface area (Å²) in [6, 6.07) is 12.5. The van der Waals surface area contributed by atoms with E-state index in [1.807, 2.05) is 36.2 Å². The molecule has 0 unspecified atom stereocenters. The molecule has 0 saturated heterocycles. The molecular weight excluding hydrogens is 309 g/mol. The molecule has 19 heavy (non-hydrogen) atoms. The summed E-state index contributed by atoms with van der Waals surface area (Å²) in [5.74, 6) is -0.333. The Labute approximate surface area is 120 Å². The molecule has 1 N–H and O–H groups in total. The standard InChI is InChI=1S/C15H15BrFNO/c1-18(9-12-4-2-3-5-15(12)16)14-7-11(10-19)6-13(17)8-14/h2-8,19H,9-10H2,1H3. The van der Waals surface area contributed by atoms with Crippen LogP contribution in [0.5, 0.6) is 0 Å². The monoisotopic (exact) mass is 323 g/mol. The smallest absolute Gasteiger partial charge is 0.125 e. The summed E-state index contributed by atoms with van der Waals surface area (Å²) in [5.41, 5.74) is 2.45. The van der Waals surface area contributed by atoms with E-state index in [0.29, 0.717) is 12.1 Å². The lowest BCUT2D eigenvalue weighted by Crippen LogP contribution is -2.17. The first kappa shape index (κ1) is 14.0. The van der Waals surface area contributed by atoms with Gasteiger partial charge in [0.15, 0.2) is 0 Å². The molecule has 0 saturated carbocycles. The van der Waals surface area contributed by atoms with Crippen LogP contribution in [0.2, 0.25) is 0 Å². The zero-order chi connectivity index (χ0) is 13.8. The second kappa shape index (κ2) is 6.17. The number of halogens is 2. The summed E-state index contributed by atoms with van der Waals surface area (Å²) in [4.78, 5) is 1.95. The predicted molar refractivity (Wildman–Crippen MR) is 78.6 cm³/mol. The minimum Gasteiger partial charge on any atom is -0.392 e. The second-order valence-corrected chi connectivity index (χ2v) is 5.28. The Morgan fingerprint density at radius 2 is 1.95 bits per heavy atom. The number of rotatable bonds is 4. The van der Waals surface area contributed by atoms with Gasteiger partial charge in [-0.15, -0.1) is 0 Å². The first-order valence-corrected chi connectivity index (χ1v) is 6.74. The van der Waals surface area contributed by atoms with Gasteiger partial charge in [-0.25, -0.2) is 4.39 Å². The molecule has 2 nitrogen and oxygen atoms in total. The first-order chi connectivity index (χ1) is 9.10. The lowest BCUT2D eigenvalue weighted by molar-refractivity contribution is 0.281. The Morgan fingerprint density at radius 1 is 1.21 bits per heavy atom. The van der Waals surface area contributed by atoms with E-state index in [4.69, 9.17) is 5.11 Å². The number of aliphatic hydroxyl groups excluding tert-OH is 1. The molecule has 0 aliphatic heterocycles. The maximum atomic E-state index is 13.4. The van der Waals surface area contributed by atoms with Crippen LogP contribution in [0.15, 0.2) is 46.9 Å². The molecule has 2 rings (SSSR count). The topological polar surface area (TPSA) is 23.5 Å². The van der Waals surface area contributed by atoms with Crippen molar-refractivity contribution in [2.45, 2.75) is 13.2 Å². The molecule has 0 aromatic heterocycles. The molecule has 0 fully saturated rings. The molecular formula is C15H15BrFNO. The van der Waals surface area contributed by atoms with Crippen molar-refractivity contribution in [1.29, 1.82) is 0 Å². The third-order valence-corrected chi connectivity index (χ3v) is 3.70. The van der Waals surface area contributed by atoms with E-state index in [1.54, 1.807) is 6.07 Å². The molecule has 0 spiro atoms. The minimum atomic E-state index is -0.333. The van der Waals surface area contributed by atoms with Crippen molar-refractivity contribution in [2.75, 3.05) is 11.9 Å². The van der Waals surface area contributed by atoms with Gasteiger partial charge in [0.05, 0.1) is 6.61 Å². The maximum absolute atomic E-state index is 13.4. The normalized spacial score (nSPS) is 10.5. The van der Waals surface area contributed by atoms with Crippen LogP contribution in [-0.4, -0.2) is 12.2 Å². The van der Waals surface area contributed by atoms with Crippen molar-refractivity contribution in [2.24, 2.45) is 0 Å². The fourth-order valence-electron chi connectivity index (χ4n) is 1.92. The third kappa shape index (κ3) is 3.55. The Bertz CT molecular complexity index is 574. The van der Waals surface area contributed by atoms with Crippen LogP contribution in [0, 0.1) is 5.82 Å². The van der Waals surface area contributed by atoms with Gasteiger partial charge in [-0.05, 0) is 35.4 Å². The van der Waals surface area contributed by atoms with Crippen LogP contribution in [-0.2, 0) is 13.2 Å². The lowest BCUT2D eigenvalue weighted by atomic mass is 10.1. The van der Waals surface area contributed by atoms with Crippen molar-refractivity contribution < 1.29 is 9.50 Å². The Kier molecular flexibility index (Phi) is 4.56. The van der Waals surface area contributed by atoms with Gasteiger partial charge in [0.1, 0.15) is 5.82 Å². The Balaban J connectivity index is 2.22. The number of anilines is 1. The van der Waals surface area contributed by atoms with Gasteiger partial charge in [0.25, 0.3) is 0 Å². The molecule has 2 aromatic carbocycles. The van der Waals surface area contributed by atoms with Crippen molar-refractivity contribution in [1.82, 2.24) is 0 Å². The molecule has 4 heteroatoms. The van der Waals surface area contributed by atoms with E-state index in [2.05, 4.69) is 15.9 Å². The van der Waals surface area contributed by atoms with Crippen LogP contribution < -0.4 is 4.90 Å². The first-order valence-electron chi connectivity index (χ1n) is 5.95. The van der Waals surface area contributed by atoms with E-state index >= 15 is 0 Å². The van der Waals surface area contributed by atoms with Crippen LogP contribution in [0.4, 0.5) is 10.1 Å². The Hall–Kier alpha value is -1.39. The van der Waals surface area contributed by atoms with Crippen LogP contribution in [0.25, 0.3) is 0 Å². The fourth-order valence-corrected chi connectivity index (χ4v) is 2.33. The summed E-state index contributed by atoms with van der Waals surface area (Å²) in [5, 5.41) is 9.11. The van der Waals surface area contributed by atoms with Crippen molar-refractivity contribution >= 4 is 21.6 Å². The van der Waals surface area contributed by atoms with E-state index in [0.717, 1.165) is 15.7 Å². The van der Waals surface area contributed by atoms with Gasteiger partial charge in [0.2, 0.25) is 0 Å². The van der Waals surface area contributed by atoms with Gasteiger partial charge >= 0.3 is 0 Å². The maximum Gasteiger partial charge on any atom is 0.125 e. The van der Waals surface area contributed by atoms with Gasteiger partial charge in [-0.2, -0.15) is 0 Å². The second-order valence-electron chi connectivity index (χ2n) is 4.42. The summed E-state index contributed by atoms with van der Waals surface area (Å²) in [6.07, 6.45) is 0. The number of nitrogens with zero attached hydrogens (tertiary/aromatic N) is 1. The average molecular weight is 324 g/mol. The van der Waals surface area contributed by atoms with Gasteiger partial charge in [-0.3, -0.25) is 0 Å². The molecule has 0 heterocycles. The highest BCUT2D eigenvalue weighted by Crippen LogP contribution is 2.22. The van der Waals surface area contributed by atoms with Crippen LogP contribution >= 0.6 is 15.9 Å². The van der Waals surface area contributed by atoms with E-state index in [-0.39, 0.29) is 12.4 Å². The summed E-state index contributed by atoms with van der Waals surface area (Å²) < 4.78 is 14.5. The molecule has 0 amide bonds. The quantitative estimate of drug-likeness (QED) is 0.927. The molecule has 0 bridgehead atoms. The largest absolute Gasteiger partial charge is 0.392 e. The number of hydrogen-bond donors (Lipinski definition) is 1. The summed E-state index contributed by atoms with van der Waals surface area (Å²) >= 11 is 3.50. The predicted octanol–water partition coefficient (Wildman–Crippen LogP) is 3.72. The minimum absolute atomic E-state index is 0.159. The fraction of sp³-hybridized carbons (Fsp3) is 0.200. The molecule has 100 valence electrons. The van der Waals surface area contributed by atoms with Crippen LogP contribution in [0.1, 0.15) is 11.1 Å². The number of aliphatic hydroxyl groups is 1. The highest BCUT2D eigenvalue weighted by atomic mass is 79.9. The summed E-state index contributed by atoms with van der Waals surface area (Å²) in [6.45, 7) is 0.503. The molecule has 0 atom stereocenters. The SMILES string of the molecule is CN(Cc1ccccc1Br)c1cc(F)cc(CO)c1. The van der Waals surface area contributed by atoms with Crippen molar-refractivity contribution in [3.63, 3.8) is 0 Å². The number of hydrogen-bond acceptors (Lipinski definition) is 2. The molecule has 0 aliphatic carbocycles. The van der Waals surface area contributed by atoms with E-state index in [1.165, 1.54) is 12.1 Å². The zero-order valence-corrected chi connectivity index (χ0v) is 12.2. The third-order valence-electron chi connectivity index (χ3n) is 2.93. The highest BCUT2D eigenvalue weighted by molar-refractivity contribution is 9.10. The molecule has 0 radical (unpaired) electrons. The highest BCUT2D eigenvalue weighted by Gasteiger charge is 2.07. The molecule has 2 aromatic rings. The lowest BCUT2D eigenvalue weighted by Gasteiger charge is -2.21. The average Bonchev–Trinajstić information content (AvgIpc) is 2.40.